The Hall–Kier alpha value is -2.15. The van der Waals surface area contributed by atoms with E-state index in [4.69, 9.17) is 4.74 Å². The third-order valence-corrected chi connectivity index (χ3v) is 4.00. The standard InChI is InChI=1S/C14H16N2O5/c17-11-5-7-21-12-4-3-9(16(19)20)8-10(12)14(11)15-6-1-2-13(15)18/h3-4,8,11,14,17H,1-2,5-7H2/t11-,14-/m0/s1. The highest BCUT2D eigenvalue weighted by molar-refractivity contribution is 5.79. The van der Waals surface area contributed by atoms with Gasteiger partial charge in [-0.15, -0.1) is 0 Å². The maximum absolute atomic E-state index is 12.0. The molecule has 1 aromatic carbocycles. The van der Waals surface area contributed by atoms with Crippen molar-refractivity contribution in [1.29, 1.82) is 0 Å². The summed E-state index contributed by atoms with van der Waals surface area (Å²) in [6.45, 7) is 0.882. The molecule has 21 heavy (non-hydrogen) atoms. The van der Waals surface area contributed by atoms with Gasteiger partial charge in [0.1, 0.15) is 5.75 Å². The molecule has 1 amide bonds. The predicted octanol–water partition coefficient (Wildman–Crippen LogP) is 1.40. The summed E-state index contributed by atoms with van der Waals surface area (Å²) < 4.78 is 5.56. The average Bonchev–Trinajstić information content (AvgIpc) is 2.79. The number of ether oxygens (including phenoxy) is 1. The fourth-order valence-electron chi connectivity index (χ4n) is 3.01. The molecule has 0 spiro atoms. The van der Waals surface area contributed by atoms with Gasteiger partial charge in [-0.05, 0) is 12.5 Å². The van der Waals surface area contributed by atoms with Crippen LogP contribution in [0.25, 0.3) is 0 Å². The molecule has 7 heteroatoms. The Morgan fingerprint density at radius 1 is 1.43 bits per heavy atom. The Morgan fingerprint density at radius 3 is 2.90 bits per heavy atom. The number of aliphatic hydroxyl groups excluding tert-OH is 1. The van der Waals surface area contributed by atoms with Gasteiger partial charge in [0.25, 0.3) is 5.69 Å². The van der Waals surface area contributed by atoms with Crippen LogP contribution in [-0.2, 0) is 4.79 Å². The van der Waals surface area contributed by atoms with Gasteiger partial charge >= 0.3 is 0 Å². The van der Waals surface area contributed by atoms with Crippen LogP contribution in [0.3, 0.4) is 0 Å². The van der Waals surface area contributed by atoms with E-state index in [1.807, 2.05) is 0 Å². The number of rotatable bonds is 2. The van der Waals surface area contributed by atoms with Crippen molar-refractivity contribution < 1.29 is 19.6 Å². The van der Waals surface area contributed by atoms with Crippen LogP contribution in [0.4, 0.5) is 5.69 Å². The summed E-state index contributed by atoms with van der Waals surface area (Å²) >= 11 is 0. The molecule has 1 saturated heterocycles. The fraction of sp³-hybridized carbons (Fsp3) is 0.500. The van der Waals surface area contributed by atoms with E-state index in [0.29, 0.717) is 37.3 Å². The lowest BCUT2D eigenvalue weighted by molar-refractivity contribution is -0.385. The van der Waals surface area contributed by atoms with Crippen molar-refractivity contribution in [2.45, 2.75) is 31.4 Å². The first-order chi connectivity index (χ1) is 10.1. The van der Waals surface area contributed by atoms with E-state index in [1.165, 1.54) is 12.1 Å². The van der Waals surface area contributed by atoms with Crippen molar-refractivity contribution in [3.05, 3.63) is 33.9 Å². The Balaban J connectivity index is 2.07. The molecule has 1 aromatic rings. The first-order valence-corrected chi connectivity index (χ1v) is 6.96. The van der Waals surface area contributed by atoms with Gasteiger partial charge in [-0.25, -0.2) is 0 Å². The van der Waals surface area contributed by atoms with Crippen LogP contribution in [0.5, 0.6) is 5.75 Å². The summed E-state index contributed by atoms with van der Waals surface area (Å²) in [5.74, 6) is 0.472. The highest BCUT2D eigenvalue weighted by Crippen LogP contribution is 2.39. The Kier molecular flexibility index (Phi) is 3.50. The molecule has 2 atom stereocenters. The molecule has 7 nitrogen and oxygen atoms in total. The van der Waals surface area contributed by atoms with Crippen LogP contribution >= 0.6 is 0 Å². The van der Waals surface area contributed by atoms with E-state index >= 15 is 0 Å². The lowest BCUT2D eigenvalue weighted by atomic mass is 9.97. The van der Waals surface area contributed by atoms with Crippen LogP contribution in [0, 0.1) is 10.1 Å². The number of fused-ring (bicyclic) bond motifs is 1. The molecule has 1 N–H and O–H groups in total. The van der Waals surface area contributed by atoms with Crippen molar-refractivity contribution >= 4 is 11.6 Å². The Labute approximate surface area is 121 Å². The summed E-state index contributed by atoms with van der Waals surface area (Å²) in [4.78, 5) is 24.1. The molecule has 112 valence electrons. The summed E-state index contributed by atoms with van der Waals surface area (Å²) in [5, 5.41) is 21.3. The lowest BCUT2D eigenvalue weighted by Crippen LogP contribution is -2.37. The van der Waals surface area contributed by atoms with Crippen LogP contribution in [0.15, 0.2) is 18.2 Å². The van der Waals surface area contributed by atoms with E-state index in [1.54, 1.807) is 11.0 Å². The van der Waals surface area contributed by atoms with Gasteiger partial charge in [-0.2, -0.15) is 0 Å². The van der Waals surface area contributed by atoms with Crippen molar-refractivity contribution in [1.82, 2.24) is 4.90 Å². The van der Waals surface area contributed by atoms with Crippen LogP contribution in [0.2, 0.25) is 0 Å². The van der Waals surface area contributed by atoms with Crippen molar-refractivity contribution in [2.24, 2.45) is 0 Å². The third kappa shape index (κ3) is 2.44. The number of aliphatic hydroxyl groups is 1. The molecule has 0 unspecified atom stereocenters. The summed E-state index contributed by atoms with van der Waals surface area (Å²) in [7, 11) is 0. The second-order valence-corrected chi connectivity index (χ2v) is 5.32. The summed E-state index contributed by atoms with van der Waals surface area (Å²) in [6.07, 6.45) is 0.800. The third-order valence-electron chi connectivity index (χ3n) is 4.00. The fourth-order valence-corrected chi connectivity index (χ4v) is 3.01. The minimum absolute atomic E-state index is 0.0293. The molecule has 3 rings (SSSR count). The minimum atomic E-state index is -0.782. The smallest absolute Gasteiger partial charge is 0.270 e. The number of non-ortho nitro benzene ring substituents is 1. The molecule has 0 saturated carbocycles. The molecule has 0 aliphatic carbocycles. The number of nitro benzene ring substituents is 1. The number of amides is 1. The summed E-state index contributed by atoms with van der Waals surface area (Å²) in [5.41, 5.74) is 0.451. The van der Waals surface area contributed by atoms with Crippen LogP contribution < -0.4 is 4.74 Å². The quantitative estimate of drug-likeness (QED) is 0.657. The number of benzene rings is 1. The topological polar surface area (TPSA) is 92.9 Å². The monoisotopic (exact) mass is 292 g/mol. The maximum Gasteiger partial charge on any atom is 0.270 e. The first-order valence-electron chi connectivity index (χ1n) is 6.96. The van der Waals surface area contributed by atoms with Crippen LogP contribution in [-0.4, -0.2) is 40.1 Å². The van der Waals surface area contributed by atoms with Gasteiger partial charge in [-0.3, -0.25) is 14.9 Å². The number of nitrogens with zero attached hydrogens (tertiary/aromatic N) is 2. The Bertz CT molecular complexity index is 589. The number of carbonyl (C=O) groups excluding carboxylic acids is 1. The van der Waals surface area contributed by atoms with Crippen LogP contribution in [0.1, 0.15) is 30.9 Å². The van der Waals surface area contributed by atoms with Crippen molar-refractivity contribution in [2.75, 3.05) is 13.2 Å². The molecule has 2 aliphatic rings. The van der Waals surface area contributed by atoms with E-state index in [9.17, 15) is 20.0 Å². The minimum Gasteiger partial charge on any atom is -0.493 e. The molecule has 0 radical (unpaired) electrons. The van der Waals surface area contributed by atoms with Gasteiger partial charge in [-0.1, -0.05) is 0 Å². The SMILES string of the molecule is O=C1CCCN1[C@H]1c2cc([N+](=O)[O-])ccc2OCC[C@@H]1O. The van der Waals surface area contributed by atoms with Gasteiger partial charge in [0, 0.05) is 37.1 Å². The zero-order valence-corrected chi connectivity index (χ0v) is 11.4. The van der Waals surface area contributed by atoms with E-state index < -0.39 is 17.1 Å². The lowest BCUT2D eigenvalue weighted by Gasteiger charge is -2.30. The molecule has 0 bridgehead atoms. The predicted molar refractivity (Wildman–Crippen MR) is 72.9 cm³/mol. The highest BCUT2D eigenvalue weighted by atomic mass is 16.6. The van der Waals surface area contributed by atoms with Gasteiger partial charge in [0.05, 0.1) is 23.7 Å². The zero-order valence-electron chi connectivity index (χ0n) is 11.4. The molecule has 2 heterocycles. The molecule has 1 fully saturated rings. The number of likely N-dealkylation sites (tertiary alicyclic amines) is 1. The Morgan fingerprint density at radius 2 is 2.24 bits per heavy atom. The largest absolute Gasteiger partial charge is 0.493 e. The number of hydrogen-bond donors (Lipinski definition) is 1. The second kappa shape index (κ2) is 5.33. The molecular weight excluding hydrogens is 276 g/mol. The summed E-state index contributed by atoms with van der Waals surface area (Å²) in [6, 6.07) is 3.75. The number of hydrogen-bond acceptors (Lipinski definition) is 5. The normalized spacial score (nSPS) is 25.2. The number of nitro groups is 1. The van der Waals surface area contributed by atoms with Gasteiger partial charge < -0.3 is 14.7 Å². The second-order valence-electron chi connectivity index (χ2n) is 5.32. The average molecular weight is 292 g/mol. The van der Waals surface area contributed by atoms with E-state index in [-0.39, 0.29) is 11.6 Å². The van der Waals surface area contributed by atoms with Crippen molar-refractivity contribution in [3.63, 3.8) is 0 Å². The zero-order chi connectivity index (χ0) is 15.0. The van der Waals surface area contributed by atoms with Gasteiger partial charge in [0.2, 0.25) is 5.91 Å². The van der Waals surface area contributed by atoms with E-state index in [2.05, 4.69) is 0 Å². The molecule has 2 aliphatic heterocycles. The first kappa shape index (κ1) is 13.8. The van der Waals surface area contributed by atoms with E-state index in [0.717, 1.165) is 6.42 Å². The number of carbonyl (C=O) groups is 1. The van der Waals surface area contributed by atoms with Gasteiger partial charge in [0.15, 0.2) is 0 Å². The highest BCUT2D eigenvalue weighted by Gasteiger charge is 2.37. The van der Waals surface area contributed by atoms with Crippen molar-refractivity contribution in [3.8, 4) is 5.75 Å². The molecular formula is C14H16N2O5. The maximum atomic E-state index is 12.0. The molecule has 0 aromatic heterocycles.